The van der Waals surface area contributed by atoms with E-state index in [0.29, 0.717) is 24.1 Å². The first-order chi connectivity index (χ1) is 10.3. The van der Waals surface area contributed by atoms with Crippen LogP contribution in [0.5, 0.6) is 0 Å². The van der Waals surface area contributed by atoms with E-state index in [1.54, 1.807) is 32.9 Å². The summed E-state index contributed by atoms with van der Waals surface area (Å²) in [7, 11) is 0. The number of carbonyl (C=O) groups is 1. The molecule has 1 aromatic carbocycles. The number of hydrogen-bond donors (Lipinski definition) is 2. The maximum absolute atomic E-state index is 14.0. The lowest BCUT2D eigenvalue weighted by molar-refractivity contribution is -0.0355. The molecule has 0 aliphatic carbocycles. The molecule has 1 amide bonds. The molecule has 2 N–H and O–H groups in total. The molecule has 5 nitrogen and oxygen atoms in total. The Balaban J connectivity index is 1.95. The molecule has 0 saturated carbocycles. The van der Waals surface area contributed by atoms with Crippen LogP contribution in [-0.2, 0) is 9.47 Å². The van der Waals surface area contributed by atoms with Crippen LogP contribution in [-0.4, -0.2) is 30.0 Å². The van der Waals surface area contributed by atoms with E-state index in [0.717, 1.165) is 0 Å². The van der Waals surface area contributed by atoms with Gasteiger partial charge in [0.15, 0.2) is 0 Å². The van der Waals surface area contributed by atoms with Gasteiger partial charge in [-0.05, 0) is 38.8 Å². The highest BCUT2D eigenvalue weighted by Gasteiger charge is 2.29. The molecule has 122 valence electrons. The molecule has 0 saturated heterocycles. The van der Waals surface area contributed by atoms with Crippen LogP contribution in [0.3, 0.4) is 0 Å². The molecular weight excluding hydrogens is 289 g/mol. The number of ether oxygens (including phenoxy) is 2. The minimum absolute atomic E-state index is 0.119. The Kier molecular flexibility index (Phi) is 5.03. The predicted molar refractivity (Wildman–Crippen MR) is 78.9 cm³/mol. The lowest BCUT2D eigenvalue weighted by atomic mass is 9.93. The number of aliphatic hydroxyl groups is 1. The molecule has 0 radical (unpaired) electrons. The Bertz CT molecular complexity index is 541. The standard InChI is InChI=1S/C16H22FNO4/c1-16(2,3)22-15(20)18-8-7-13-14-10(12(19)9-21-13)5-4-6-11(14)17/h4-6,12-13,19H,7-9H2,1-3H3,(H,18,20). The van der Waals surface area contributed by atoms with E-state index in [9.17, 15) is 14.3 Å². The Labute approximate surface area is 129 Å². The van der Waals surface area contributed by atoms with E-state index in [4.69, 9.17) is 9.47 Å². The van der Waals surface area contributed by atoms with Crippen LogP contribution in [0.15, 0.2) is 18.2 Å². The van der Waals surface area contributed by atoms with Gasteiger partial charge in [-0.15, -0.1) is 0 Å². The summed E-state index contributed by atoms with van der Waals surface area (Å²) >= 11 is 0. The van der Waals surface area contributed by atoms with E-state index in [1.165, 1.54) is 6.07 Å². The van der Waals surface area contributed by atoms with Crippen LogP contribution >= 0.6 is 0 Å². The summed E-state index contributed by atoms with van der Waals surface area (Å²) in [4.78, 5) is 11.6. The van der Waals surface area contributed by atoms with Crippen molar-refractivity contribution in [3.8, 4) is 0 Å². The zero-order chi connectivity index (χ0) is 16.3. The number of amides is 1. The number of rotatable bonds is 3. The minimum atomic E-state index is -0.819. The molecule has 0 bridgehead atoms. The first kappa shape index (κ1) is 16.7. The van der Waals surface area contributed by atoms with Crippen LogP contribution in [0.1, 0.15) is 50.5 Å². The Morgan fingerprint density at radius 3 is 2.91 bits per heavy atom. The normalized spacial score (nSPS) is 21.1. The Morgan fingerprint density at radius 1 is 1.50 bits per heavy atom. The third kappa shape index (κ3) is 4.18. The van der Waals surface area contributed by atoms with Crippen molar-refractivity contribution in [2.24, 2.45) is 0 Å². The van der Waals surface area contributed by atoms with Gasteiger partial charge < -0.3 is 19.9 Å². The maximum atomic E-state index is 14.0. The first-order valence-corrected chi connectivity index (χ1v) is 7.33. The molecule has 1 aliphatic heterocycles. The summed E-state index contributed by atoms with van der Waals surface area (Å²) in [5.41, 5.74) is 0.356. The lowest BCUT2D eigenvalue weighted by Crippen LogP contribution is -2.34. The average Bonchev–Trinajstić information content (AvgIpc) is 2.40. The van der Waals surface area contributed by atoms with E-state index < -0.39 is 29.7 Å². The molecule has 0 spiro atoms. The number of nitrogens with one attached hydrogen (secondary N) is 1. The molecule has 1 aromatic rings. The zero-order valence-electron chi connectivity index (χ0n) is 13.1. The first-order valence-electron chi connectivity index (χ1n) is 7.33. The largest absolute Gasteiger partial charge is 0.444 e. The van der Waals surface area contributed by atoms with Crippen molar-refractivity contribution >= 4 is 6.09 Å². The van der Waals surface area contributed by atoms with Crippen LogP contribution in [0.4, 0.5) is 9.18 Å². The highest BCUT2D eigenvalue weighted by Crippen LogP contribution is 2.35. The summed E-state index contributed by atoms with van der Waals surface area (Å²) in [6.07, 6.45) is -1.42. The van der Waals surface area contributed by atoms with Gasteiger partial charge in [-0.25, -0.2) is 9.18 Å². The molecule has 2 atom stereocenters. The zero-order valence-corrected chi connectivity index (χ0v) is 13.1. The monoisotopic (exact) mass is 311 g/mol. The van der Waals surface area contributed by atoms with Crippen molar-refractivity contribution in [2.45, 2.75) is 45.0 Å². The molecular formula is C16H22FNO4. The molecule has 22 heavy (non-hydrogen) atoms. The highest BCUT2D eigenvalue weighted by molar-refractivity contribution is 5.67. The molecule has 6 heteroatoms. The van der Waals surface area contributed by atoms with Crippen molar-refractivity contribution in [3.05, 3.63) is 35.1 Å². The quantitative estimate of drug-likeness (QED) is 0.901. The van der Waals surface area contributed by atoms with E-state index in [1.807, 2.05) is 0 Å². The molecule has 0 fully saturated rings. The number of halogens is 1. The van der Waals surface area contributed by atoms with E-state index in [-0.39, 0.29) is 6.61 Å². The van der Waals surface area contributed by atoms with Crippen molar-refractivity contribution in [1.82, 2.24) is 5.32 Å². The van der Waals surface area contributed by atoms with E-state index >= 15 is 0 Å². The fraction of sp³-hybridized carbons (Fsp3) is 0.562. The summed E-state index contributed by atoms with van der Waals surface area (Å²) in [5.74, 6) is -0.404. The fourth-order valence-electron chi connectivity index (χ4n) is 2.41. The van der Waals surface area contributed by atoms with Gasteiger partial charge in [-0.1, -0.05) is 12.1 Å². The van der Waals surface area contributed by atoms with Gasteiger partial charge >= 0.3 is 6.09 Å². The molecule has 2 rings (SSSR count). The molecule has 2 unspecified atom stereocenters. The number of hydrogen-bond acceptors (Lipinski definition) is 4. The van der Waals surface area contributed by atoms with Crippen LogP contribution in [0, 0.1) is 5.82 Å². The van der Waals surface area contributed by atoms with Gasteiger partial charge in [0.25, 0.3) is 0 Å². The molecule has 0 aromatic heterocycles. The second kappa shape index (κ2) is 6.62. The highest BCUT2D eigenvalue weighted by atomic mass is 19.1. The second-order valence-corrected chi connectivity index (χ2v) is 6.30. The van der Waals surface area contributed by atoms with Gasteiger partial charge in [-0.3, -0.25) is 0 Å². The van der Waals surface area contributed by atoms with Crippen LogP contribution < -0.4 is 5.32 Å². The van der Waals surface area contributed by atoms with Gasteiger partial charge in [0, 0.05) is 12.1 Å². The minimum Gasteiger partial charge on any atom is -0.444 e. The number of fused-ring (bicyclic) bond motifs is 1. The number of benzene rings is 1. The summed E-state index contributed by atoms with van der Waals surface area (Å²) < 4.78 is 24.6. The second-order valence-electron chi connectivity index (χ2n) is 6.30. The summed E-state index contributed by atoms with van der Waals surface area (Å²) in [5, 5.41) is 12.5. The van der Waals surface area contributed by atoms with Gasteiger partial charge in [0.2, 0.25) is 0 Å². The Morgan fingerprint density at radius 2 is 2.23 bits per heavy atom. The third-order valence-electron chi connectivity index (χ3n) is 3.30. The van der Waals surface area contributed by atoms with Crippen LogP contribution in [0.25, 0.3) is 0 Å². The Hall–Kier alpha value is -1.66. The van der Waals surface area contributed by atoms with Crippen molar-refractivity contribution < 1.29 is 23.8 Å². The molecule has 1 heterocycles. The number of alkyl carbamates (subject to hydrolysis) is 1. The molecule has 1 aliphatic rings. The maximum Gasteiger partial charge on any atom is 0.407 e. The number of aliphatic hydroxyl groups excluding tert-OH is 1. The van der Waals surface area contributed by atoms with Crippen molar-refractivity contribution in [3.63, 3.8) is 0 Å². The van der Waals surface area contributed by atoms with Crippen molar-refractivity contribution in [1.29, 1.82) is 0 Å². The predicted octanol–water partition coefficient (Wildman–Crippen LogP) is 2.85. The lowest BCUT2D eigenvalue weighted by Gasteiger charge is -2.30. The topological polar surface area (TPSA) is 67.8 Å². The fourth-order valence-corrected chi connectivity index (χ4v) is 2.41. The third-order valence-corrected chi connectivity index (χ3v) is 3.30. The van der Waals surface area contributed by atoms with Gasteiger partial charge in [-0.2, -0.15) is 0 Å². The average molecular weight is 311 g/mol. The van der Waals surface area contributed by atoms with Crippen LogP contribution in [0.2, 0.25) is 0 Å². The van der Waals surface area contributed by atoms with E-state index in [2.05, 4.69) is 5.32 Å². The van der Waals surface area contributed by atoms with Crippen molar-refractivity contribution in [2.75, 3.05) is 13.2 Å². The SMILES string of the molecule is CC(C)(C)OC(=O)NCCC1OCC(O)c2cccc(F)c21. The van der Waals surface area contributed by atoms with Gasteiger partial charge in [0.05, 0.1) is 12.7 Å². The summed E-state index contributed by atoms with van der Waals surface area (Å²) in [6, 6.07) is 4.60. The van der Waals surface area contributed by atoms with Gasteiger partial charge in [0.1, 0.15) is 17.5 Å². The summed E-state index contributed by atoms with van der Waals surface area (Å²) in [6.45, 7) is 5.76. The smallest absolute Gasteiger partial charge is 0.407 e. The number of carbonyl (C=O) groups excluding carboxylic acids is 1.